The number of sulfonamides is 1. The molecule has 0 radical (unpaired) electrons. The van der Waals surface area contributed by atoms with Gasteiger partial charge >= 0.3 is 0 Å². The third-order valence-electron chi connectivity index (χ3n) is 5.66. The standard InChI is InChI=1S/C26H20BrClN4O4S2/c1-16-29-21-9-10-22(26(33)31-38(34,35)24-12-11-23(27)37-24)30-25(21)32(16)14-18-7-8-19(13-20(18)28)36-15-17-5-3-2-4-6-17/h2-13H,14-15H2,1H3,(H,31,33). The summed E-state index contributed by atoms with van der Waals surface area (Å²) >= 11 is 10.8. The number of nitrogens with one attached hydrogen (secondary N) is 1. The molecule has 0 saturated carbocycles. The number of imidazole rings is 1. The Morgan fingerprint density at radius 3 is 2.58 bits per heavy atom. The lowest BCUT2D eigenvalue weighted by molar-refractivity contribution is 0.0977. The van der Waals surface area contributed by atoms with E-state index in [2.05, 4.69) is 30.6 Å². The molecule has 0 unspecified atom stereocenters. The Labute approximate surface area is 236 Å². The molecule has 0 aliphatic rings. The van der Waals surface area contributed by atoms with E-state index >= 15 is 0 Å². The lowest BCUT2D eigenvalue weighted by Gasteiger charge is -2.11. The summed E-state index contributed by atoms with van der Waals surface area (Å²) in [7, 11) is -4.03. The second-order valence-corrected chi connectivity index (χ2v) is 13.1. The van der Waals surface area contributed by atoms with E-state index in [1.165, 1.54) is 12.1 Å². The second kappa shape index (κ2) is 10.9. The van der Waals surface area contributed by atoms with Crippen LogP contribution >= 0.6 is 38.9 Å². The number of hydrogen-bond donors (Lipinski definition) is 1. The number of ether oxygens (including phenoxy) is 1. The number of pyridine rings is 1. The second-order valence-electron chi connectivity index (χ2n) is 8.31. The van der Waals surface area contributed by atoms with Crippen LogP contribution in [0, 0.1) is 6.92 Å². The molecule has 3 aromatic heterocycles. The lowest BCUT2D eigenvalue weighted by atomic mass is 10.2. The lowest BCUT2D eigenvalue weighted by Crippen LogP contribution is -2.30. The van der Waals surface area contributed by atoms with Gasteiger partial charge in [-0.15, -0.1) is 11.3 Å². The summed E-state index contributed by atoms with van der Waals surface area (Å²) in [6, 6.07) is 21.4. The van der Waals surface area contributed by atoms with Crippen LogP contribution in [0.1, 0.15) is 27.4 Å². The van der Waals surface area contributed by atoms with E-state index in [-0.39, 0.29) is 9.90 Å². The monoisotopic (exact) mass is 630 g/mol. The smallest absolute Gasteiger partial charge is 0.283 e. The number of carbonyl (C=O) groups is 1. The van der Waals surface area contributed by atoms with Crippen LogP contribution in [0.5, 0.6) is 5.75 Å². The zero-order valence-corrected chi connectivity index (χ0v) is 23.9. The first-order chi connectivity index (χ1) is 18.2. The number of fused-ring (bicyclic) bond motifs is 1. The number of hydrogen-bond acceptors (Lipinski definition) is 7. The third kappa shape index (κ3) is 5.75. The molecular formula is C26H20BrClN4O4S2. The first-order valence-electron chi connectivity index (χ1n) is 11.3. The number of aromatic nitrogens is 3. The molecule has 0 fully saturated rings. The Morgan fingerprint density at radius 1 is 1.08 bits per heavy atom. The van der Waals surface area contributed by atoms with E-state index in [4.69, 9.17) is 16.3 Å². The highest BCUT2D eigenvalue weighted by Crippen LogP contribution is 2.27. The van der Waals surface area contributed by atoms with Crippen molar-refractivity contribution >= 4 is 66.0 Å². The number of nitrogens with zero attached hydrogens (tertiary/aromatic N) is 3. The number of benzene rings is 2. The predicted octanol–water partition coefficient (Wildman–Crippen LogP) is 5.96. The average Bonchev–Trinajstić information content (AvgIpc) is 3.47. The summed E-state index contributed by atoms with van der Waals surface area (Å²) in [5.41, 5.74) is 2.82. The van der Waals surface area contributed by atoms with Crippen molar-refractivity contribution in [2.24, 2.45) is 0 Å². The maximum absolute atomic E-state index is 12.8. The molecule has 5 rings (SSSR count). The van der Waals surface area contributed by atoms with Crippen molar-refractivity contribution in [1.82, 2.24) is 19.3 Å². The molecule has 0 saturated heterocycles. The molecule has 0 spiro atoms. The van der Waals surface area contributed by atoms with Gasteiger partial charge in [-0.1, -0.05) is 48.0 Å². The predicted molar refractivity (Wildman–Crippen MR) is 150 cm³/mol. The number of rotatable bonds is 8. The van der Waals surface area contributed by atoms with Gasteiger partial charge < -0.3 is 9.30 Å². The average molecular weight is 632 g/mol. The van der Waals surface area contributed by atoms with Crippen molar-refractivity contribution in [3.05, 3.63) is 104 Å². The molecule has 194 valence electrons. The Morgan fingerprint density at radius 2 is 1.87 bits per heavy atom. The highest BCUT2D eigenvalue weighted by atomic mass is 79.9. The van der Waals surface area contributed by atoms with Crippen molar-refractivity contribution in [2.45, 2.75) is 24.3 Å². The molecule has 0 bridgehead atoms. The van der Waals surface area contributed by atoms with Crippen LogP contribution in [0.4, 0.5) is 0 Å². The number of carbonyl (C=O) groups excluding carboxylic acids is 1. The molecule has 0 aliphatic heterocycles. The van der Waals surface area contributed by atoms with Crippen molar-refractivity contribution < 1.29 is 17.9 Å². The molecule has 5 aromatic rings. The van der Waals surface area contributed by atoms with E-state index in [1.807, 2.05) is 54.0 Å². The topological polar surface area (TPSA) is 103 Å². The molecule has 1 amide bonds. The summed E-state index contributed by atoms with van der Waals surface area (Å²) in [5.74, 6) is 0.479. The van der Waals surface area contributed by atoms with E-state index in [0.717, 1.165) is 22.5 Å². The van der Waals surface area contributed by atoms with Crippen LogP contribution in [0.15, 0.2) is 80.8 Å². The van der Waals surface area contributed by atoms with E-state index in [9.17, 15) is 13.2 Å². The van der Waals surface area contributed by atoms with E-state index in [0.29, 0.717) is 44.7 Å². The van der Waals surface area contributed by atoms with Gasteiger partial charge in [-0.05, 0) is 70.4 Å². The highest BCUT2D eigenvalue weighted by molar-refractivity contribution is 9.11. The third-order valence-corrected chi connectivity index (χ3v) is 9.46. The normalized spacial score (nSPS) is 11.6. The Hall–Kier alpha value is -3.25. The van der Waals surface area contributed by atoms with Gasteiger partial charge in [0.2, 0.25) is 0 Å². The zero-order chi connectivity index (χ0) is 26.9. The number of aryl methyl sites for hydroxylation is 1. The van der Waals surface area contributed by atoms with E-state index < -0.39 is 15.9 Å². The fourth-order valence-electron chi connectivity index (χ4n) is 3.75. The maximum atomic E-state index is 12.8. The van der Waals surface area contributed by atoms with Crippen molar-refractivity contribution in [2.75, 3.05) is 0 Å². The van der Waals surface area contributed by atoms with Gasteiger partial charge in [0, 0.05) is 5.02 Å². The minimum atomic E-state index is -4.03. The SMILES string of the molecule is Cc1nc2ccc(C(=O)NS(=O)(=O)c3ccc(Br)s3)nc2n1Cc1ccc(OCc2ccccc2)cc1Cl. The van der Waals surface area contributed by atoms with Gasteiger partial charge in [0.1, 0.15) is 33.6 Å². The van der Waals surface area contributed by atoms with Gasteiger partial charge in [0.05, 0.1) is 10.3 Å². The Bertz CT molecular complexity index is 1750. The van der Waals surface area contributed by atoms with Crippen LogP contribution < -0.4 is 9.46 Å². The molecular weight excluding hydrogens is 612 g/mol. The zero-order valence-electron chi connectivity index (χ0n) is 19.9. The molecule has 1 N–H and O–H groups in total. The van der Waals surface area contributed by atoms with Crippen LogP contribution in [-0.2, 0) is 23.2 Å². The van der Waals surface area contributed by atoms with Crippen molar-refractivity contribution in [1.29, 1.82) is 0 Å². The largest absolute Gasteiger partial charge is 0.489 e. The Kier molecular flexibility index (Phi) is 7.53. The van der Waals surface area contributed by atoms with E-state index in [1.54, 1.807) is 18.2 Å². The molecule has 2 aromatic carbocycles. The maximum Gasteiger partial charge on any atom is 0.283 e. The fraction of sp³-hybridized carbons (Fsp3) is 0.115. The van der Waals surface area contributed by atoms with Gasteiger partial charge in [0.25, 0.3) is 15.9 Å². The number of amides is 1. The minimum absolute atomic E-state index is 0.0190. The van der Waals surface area contributed by atoms with Crippen LogP contribution in [0.25, 0.3) is 11.2 Å². The summed E-state index contributed by atoms with van der Waals surface area (Å²) in [6.07, 6.45) is 0. The first-order valence-corrected chi connectivity index (χ1v) is 14.8. The van der Waals surface area contributed by atoms with Gasteiger partial charge in [-0.3, -0.25) is 4.79 Å². The minimum Gasteiger partial charge on any atom is -0.489 e. The summed E-state index contributed by atoms with van der Waals surface area (Å²) in [6.45, 7) is 2.60. The quantitative estimate of drug-likeness (QED) is 0.227. The molecule has 0 atom stereocenters. The van der Waals surface area contributed by atoms with Crippen molar-refractivity contribution in [3.8, 4) is 5.75 Å². The van der Waals surface area contributed by atoms with Gasteiger partial charge in [0.15, 0.2) is 5.65 Å². The summed E-state index contributed by atoms with van der Waals surface area (Å²) < 4.78 is 35.6. The summed E-state index contributed by atoms with van der Waals surface area (Å²) in [4.78, 5) is 21.8. The molecule has 0 aliphatic carbocycles. The van der Waals surface area contributed by atoms with Crippen LogP contribution in [-0.4, -0.2) is 28.9 Å². The number of halogens is 2. The Balaban J connectivity index is 1.36. The molecule has 12 heteroatoms. The van der Waals surface area contributed by atoms with Crippen LogP contribution in [0.2, 0.25) is 5.02 Å². The molecule has 3 heterocycles. The molecule has 8 nitrogen and oxygen atoms in total. The fourth-order valence-corrected chi connectivity index (χ4v) is 6.96. The first kappa shape index (κ1) is 26.4. The molecule has 38 heavy (non-hydrogen) atoms. The van der Waals surface area contributed by atoms with Gasteiger partial charge in [-0.2, -0.15) is 0 Å². The van der Waals surface area contributed by atoms with Gasteiger partial charge in [-0.25, -0.2) is 23.1 Å². The summed E-state index contributed by atoms with van der Waals surface area (Å²) in [5, 5.41) is 0.513. The number of thiophene rings is 1. The van der Waals surface area contributed by atoms with Crippen molar-refractivity contribution in [3.63, 3.8) is 0 Å². The highest BCUT2D eigenvalue weighted by Gasteiger charge is 2.22. The van der Waals surface area contributed by atoms with Crippen LogP contribution in [0.3, 0.4) is 0 Å².